The van der Waals surface area contributed by atoms with Gasteiger partial charge in [-0.25, -0.2) is 0 Å². The molecule has 1 amide bonds. The van der Waals surface area contributed by atoms with Gasteiger partial charge < -0.3 is 10.2 Å². The lowest BCUT2D eigenvalue weighted by Crippen LogP contribution is -2.58. The van der Waals surface area contributed by atoms with Crippen molar-refractivity contribution in [1.29, 1.82) is 0 Å². The molecule has 0 radical (unpaired) electrons. The first-order valence-electron chi connectivity index (χ1n) is 5.08. The van der Waals surface area contributed by atoms with Crippen LogP contribution in [0.1, 0.15) is 13.8 Å². The first-order valence-corrected chi connectivity index (χ1v) is 5.08. The third-order valence-electron chi connectivity index (χ3n) is 2.51. The van der Waals surface area contributed by atoms with Crippen LogP contribution < -0.4 is 5.32 Å². The lowest BCUT2D eigenvalue weighted by Gasteiger charge is -2.39. The van der Waals surface area contributed by atoms with Crippen LogP contribution in [0.2, 0.25) is 0 Å². The number of nitrogens with zero attached hydrogens (tertiary/aromatic N) is 2. The summed E-state index contributed by atoms with van der Waals surface area (Å²) in [6.45, 7) is 7.74. The van der Waals surface area contributed by atoms with Gasteiger partial charge in [0.2, 0.25) is 5.91 Å². The molecule has 0 aliphatic carbocycles. The molecule has 1 N–H and O–H groups in total. The summed E-state index contributed by atoms with van der Waals surface area (Å²) >= 11 is 0. The van der Waals surface area contributed by atoms with Crippen molar-refractivity contribution in [3.8, 4) is 0 Å². The molecule has 1 fully saturated rings. The quantitative estimate of drug-likeness (QED) is 0.666. The summed E-state index contributed by atoms with van der Waals surface area (Å²) in [5, 5.41) is 3.42. The SMILES string of the molecule is CN(C)C(=O)CN1CCNC(C)(C)C1. The van der Waals surface area contributed by atoms with E-state index in [1.54, 1.807) is 19.0 Å². The second kappa shape index (κ2) is 4.28. The molecule has 82 valence electrons. The van der Waals surface area contributed by atoms with Crippen molar-refractivity contribution in [3.63, 3.8) is 0 Å². The van der Waals surface area contributed by atoms with Gasteiger partial charge in [-0.15, -0.1) is 0 Å². The zero-order valence-corrected chi connectivity index (χ0v) is 9.63. The van der Waals surface area contributed by atoms with Crippen LogP contribution in [0.4, 0.5) is 0 Å². The Morgan fingerprint density at radius 3 is 2.64 bits per heavy atom. The highest BCUT2D eigenvalue weighted by molar-refractivity contribution is 5.77. The van der Waals surface area contributed by atoms with Gasteiger partial charge >= 0.3 is 0 Å². The van der Waals surface area contributed by atoms with Crippen molar-refractivity contribution in [2.24, 2.45) is 0 Å². The van der Waals surface area contributed by atoms with Gasteiger partial charge in [-0.05, 0) is 13.8 Å². The van der Waals surface area contributed by atoms with Gasteiger partial charge in [0.15, 0.2) is 0 Å². The molecule has 1 aliphatic rings. The van der Waals surface area contributed by atoms with Crippen molar-refractivity contribution in [1.82, 2.24) is 15.1 Å². The molecule has 4 heteroatoms. The van der Waals surface area contributed by atoms with Crippen LogP contribution in [0.25, 0.3) is 0 Å². The first-order chi connectivity index (χ1) is 6.41. The zero-order chi connectivity index (χ0) is 10.8. The van der Waals surface area contributed by atoms with E-state index in [1.165, 1.54) is 0 Å². The Hall–Kier alpha value is -0.610. The molecule has 0 aromatic carbocycles. The largest absolute Gasteiger partial charge is 0.348 e. The van der Waals surface area contributed by atoms with Crippen LogP contribution in [0.5, 0.6) is 0 Å². The summed E-state index contributed by atoms with van der Waals surface area (Å²) in [5.41, 5.74) is 0.130. The highest BCUT2D eigenvalue weighted by Gasteiger charge is 2.26. The third kappa shape index (κ3) is 3.27. The Bertz CT molecular complexity index is 213. The van der Waals surface area contributed by atoms with Crippen LogP contribution in [0.15, 0.2) is 0 Å². The van der Waals surface area contributed by atoms with E-state index in [0.29, 0.717) is 6.54 Å². The van der Waals surface area contributed by atoms with Crippen LogP contribution >= 0.6 is 0 Å². The van der Waals surface area contributed by atoms with Crippen LogP contribution in [-0.2, 0) is 4.79 Å². The van der Waals surface area contributed by atoms with E-state index in [9.17, 15) is 4.79 Å². The molecule has 0 spiro atoms. The van der Waals surface area contributed by atoms with Crippen LogP contribution in [0.3, 0.4) is 0 Å². The Morgan fingerprint density at radius 2 is 2.14 bits per heavy atom. The van der Waals surface area contributed by atoms with E-state index in [4.69, 9.17) is 0 Å². The predicted octanol–water partition coefficient (Wildman–Crippen LogP) is -0.242. The average molecular weight is 199 g/mol. The number of carbonyl (C=O) groups excluding carboxylic acids is 1. The Morgan fingerprint density at radius 1 is 1.50 bits per heavy atom. The molecule has 0 atom stereocenters. The highest BCUT2D eigenvalue weighted by atomic mass is 16.2. The second-order valence-electron chi connectivity index (χ2n) is 4.81. The van der Waals surface area contributed by atoms with E-state index in [0.717, 1.165) is 19.6 Å². The van der Waals surface area contributed by atoms with Gasteiger partial charge in [0.1, 0.15) is 0 Å². The second-order valence-corrected chi connectivity index (χ2v) is 4.81. The number of rotatable bonds is 2. The molecule has 4 nitrogen and oxygen atoms in total. The molecule has 1 saturated heterocycles. The Balaban J connectivity index is 2.42. The molecular weight excluding hydrogens is 178 g/mol. The summed E-state index contributed by atoms with van der Waals surface area (Å²) < 4.78 is 0. The number of likely N-dealkylation sites (N-methyl/N-ethyl adjacent to an activating group) is 1. The lowest BCUT2D eigenvalue weighted by atomic mass is 10.0. The maximum absolute atomic E-state index is 11.5. The minimum absolute atomic E-state index is 0.130. The van der Waals surface area contributed by atoms with Crippen LogP contribution in [0, 0.1) is 0 Å². The summed E-state index contributed by atoms with van der Waals surface area (Å²) in [7, 11) is 3.60. The fraction of sp³-hybridized carbons (Fsp3) is 0.900. The minimum Gasteiger partial charge on any atom is -0.348 e. The monoisotopic (exact) mass is 199 g/mol. The van der Waals surface area contributed by atoms with E-state index in [1.807, 2.05) is 0 Å². The van der Waals surface area contributed by atoms with Crippen molar-refractivity contribution in [3.05, 3.63) is 0 Å². The minimum atomic E-state index is 0.130. The average Bonchev–Trinajstić information content (AvgIpc) is 2.01. The summed E-state index contributed by atoms with van der Waals surface area (Å²) in [4.78, 5) is 15.3. The van der Waals surface area contributed by atoms with Crippen molar-refractivity contribution in [2.75, 3.05) is 40.3 Å². The lowest BCUT2D eigenvalue weighted by molar-refractivity contribution is -0.130. The standard InChI is InChI=1S/C10H21N3O/c1-10(2)8-13(6-5-11-10)7-9(14)12(3)4/h11H,5-8H2,1-4H3. The molecule has 0 aromatic rings. The number of hydrogen-bond acceptors (Lipinski definition) is 3. The summed E-state index contributed by atoms with van der Waals surface area (Å²) in [6, 6.07) is 0. The first kappa shape index (κ1) is 11.5. The zero-order valence-electron chi connectivity index (χ0n) is 9.63. The topological polar surface area (TPSA) is 35.6 Å². The summed E-state index contributed by atoms with van der Waals surface area (Å²) in [6.07, 6.45) is 0. The van der Waals surface area contributed by atoms with Gasteiger partial charge in [-0.1, -0.05) is 0 Å². The molecule has 1 heterocycles. The molecule has 0 aromatic heterocycles. The molecule has 14 heavy (non-hydrogen) atoms. The predicted molar refractivity (Wildman–Crippen MR) is 57.2 cm³/mol. The van der Waals surface area contributed by atoms with Gasteiger partial charge in [-0.3, -0.25) is 9.69 Å². The van der Waals surface area contributed by atoms with E-state index >= 15 is 0 Å². The number of nitrogens with one attached hydrogen (secondary N) is 1. The van der Waals surface area contributed by atoms with E-state index in [-0.39, 0.29) is 11.4 Å². The summed E-state index contributed by atoms with van der Waals surface area (Å²) in [5.74, 6) is 0.183. The van der Waals surface area contributed by atoms with Gasteiger partial charge in [-0.2, -0.15) is 0 Å². The molecule has 0 saturated carbocycles. The Kier molecular flexibility index (Phi) is 3.50. The number of hydrogen-bond donors (Lipinski definition) is 1. The molecule has 0 bridgehead atoms. The van der Waals surface area contributed by atoms with Crippen LogP contribution in [-0.4, -0.2) is 61.5 Å². The van der Waals surface area contributed by atoms with Crippen molar-refractivity contribution in [2.45, 2.75) is 19.4 Å². The highest BCUT2D eigenvalue weighted by Crippen LogP contribution is 2.09. The van der Waals surface area contributed by atoms with Crippen molar-refractivity contribution < 1.29 is 4.79 Å². The third-order valence-corrected chi connectivity index (χ3v) is 2.51. The maximum Gasteiger partial charge on any atom is 0.236 e. The van der Waals surface area contributed by atoms with Gasteiger partial charge in [0.25, 0.3) is 0 Å². The molecule has 1 aliphatic heterocycles. The molecule has 1 rings (SSSR count). The number of carbonyl (C=O) groups is 1. The maximum atomic E-state index is 11.5. The van der Waals surface area contributed by atoms with E-state index in [2.05, 4.69) is 24.1 Å². The molecule has 0 unspecified atom stereocenters. The van der Waals surface area contributed by atoms with Gasteiger partial charge in [0, 0.05) is 39.3 Å². The fourth-order valence-electron chi connectivity index (χ4n) is 1.71. The van der Waals surface area contributed by atoms with Crippen molar-refractivity contribution >= 4 is 5.91 Å². The smallest absolute Gasteiger partial charge is 0.236 e. The number of amides is 1. The van der Waals surface area contributed by atoms with E-state index < -0.39 is 0 Å². The normalized spacial score (nSPS) is 22.0. The molecular formula is C10H21N3O. The number of piperazine rings is 1. The Labute approximate surface area is 86.2 Å². The fourth-order valence-corrected chi connectivity index (χ4v) is 1.71. The van der Waals surface area contributed by atoms with Gasteiger partial charge in [0.05, 0.1) is 6.54 Å².